The minimum atomic E-state index is -0.803. The number of rotatable bonds is 18. The number of ether oxygens (including phenoxy) is 5. The summed E-state index contributed by atoms with van der Waals surface area (Å²) in [5.74, 6) is 3.02. The van der Waals surface area contributed by atoms with Crippen molar-refractivity contribution in [3.05, 3.63) is 47.5 Å². The van der Waals surface area contributed by atoms with Crippen molar-refractivity contribution in [1.82, 2.24) is 5.32 Å². The summed E-state index contributed by atoms with van der Waals surface area (Å²) in [5.41, 5.74) is 8.67. The zero-order chi connectivity index (χ0) is 32.1. The summed E-state index contributed by atoms with van der Waals surface area (Å²) in [7, 11) is 3.31. The second kappa shape index (κ2) is 18.1. The molecule has 9 heteroatoms. The first-order valence-corrected chi connectivity index (χ1v) is 16.0. The topological polar surface area (TPSA) is 122 Å². The van der Waals surface area contributed by atoms with E-state index in [4.69, 9.17) is 29.4 Å². The highest BCUT2D eigenvalue weighted by Crippen LogP contribution is 2.32. The Labute approximate surface area is 263 Å². The first kappa shape index (κ1) is 35.5. The summed E-state index contributed by atoms with van der Waals surface area (Å²) >= 11 is 0. The van der Waals surface area contributed by atoms with E-state index in [1.54, 1.807) is 14.2 Å². The highest BCUT2D eigenvalue weighted by Gasteiger charge is 2.30. The van der Waals surface area contributed by atoms with Gasteiger partial charge in [-0.2, -0.15) is 0 Å². The van der Waals surface area contributed by atoms with E-state index < -0.39 is 12.1 Å². The molecule has 4 atom stereocenters. The molecule has 0 saturated carbocycles. The van der Waals surface area contributed by atoms with Gasteiger partial charge in [-0.3, -0.25) is 4.79 Å². The highest BCUT2D eigenvalue weighted by molar-refractivity contribution is 5.79. The van der Waals surface area contributed by atoms with Gasteiger partial charge in [0.15, 0.2) is 23.0 Å². The van der Waals surface area contributed by atoms with Crippen LogP contribution in [0.3, 0.4) is 0 Å². The smallest absolute Gasteiger partial charge is 0.223 e. The summed E-state index contributed by atoms with van der Waals surface area (Å²) in [5, 5.41) is 14.3. The summed E-state index contributed by atoms with van der Waals surface area (Å²) in [6, 6.07) is 11.3. The van der Waals surface area contributed by atoms with Gasteiger partial charge in [0.05, 0.1) is 33.0 Å². The number of amides is 1. The predicted octanol–water partition coefficient (Wildman–Crippen LogP) is 5.14. The van der Waals surface area contributed by atoms with Crippen LogP contribution in [0.1, 0.15) is 64.5 Å². The van der Waals surface area contributed by atoms with Crippen molar-refractivity contribution in [3.63, 3.8) is 0 Å². The molecule has 9 nitrogen and oxygen atoms in total. The SMILES string of the molecule is COCCCOc1cc(C[C@@H](C[C@H](N)C(O)C[C@H](C(=O)NCc2ccc3c(c2)OCCCO3)C(C)C)C(C)C)ccc1OC. The molecule has 0 spiro atoms. The first-order chi connectivity index (χ1) is 21.1. The number of fused-ring (bicyclic) bond motifs is 1. The van der Waals surface area contributed by atoms with Gasteiger partial charge in [0, 0.05) is 45.1 Å². The number of aliphatic hydroxyl groups excluding tert-OH is 1. The lowest BCUT2D eigenvalue weighted by atomic mass is 9.81. The molecule has 4 N–H and O–H groups in total. The third-order valence-electron chi connectivity index (χ3n) is 8.40. The van der Waals surface area contributed by atoms with E-state index in [-0.39, 0.29) is 23.7 Å². The molecule has 0 fully saturated rings. The maximum atomic E-state index is 13.3. The quantitative estimate of drug-likeness (QED) is 0.197. The molecule has 1 aliphatic rings. The van der Waals surface area contributed by atoms with Gasteiger partial charge >= 0.3 is 0 Å². The van der Waals surface area contributed by atoms with Crippen LogP contribution in [0, 0.1) is 23.7 Å². The number of methoxy groups -OCH3 is 2. The third kappa shape index (κ3) is 10.9. The largest absolute Gasteiger partial charge is 0.493 e. The Bertz CT molecular complexity index is 1160. The Kier molecular flexibility index (Phi) is 14.6. The summed E-state index contributed by atoms with van der Waals surface area (Å²) < 4.78 is 28.1. The van der Waals surface area contributed by atoms with Gasteiger partial charge in [-0.15, -0.1) is 0 Å². The van der Waals surface area contributed by atoms with E-state index in [0.717, 1.165) is 36.1 Å². The maximum Gasteiger partial charge on any atom is 0.223 e. The molecule has 1 unspecified atom stereocenters. The molecular formula is C35H54N2O7. The third-order valence-corrected chi connectivity index (χ3v) is 8.40. The molecular weight excluding hydrogens is 560 g/mol. The maximum absolute atomic E-state index is 13.3. The number of carbonyl (C=O) groups excluding carboxylic acids is 1. The number of hydrogen-bond acceptors (Lipinski definition) is 8. The Morgan fingerprint density at radius 2 is 1.66 bits per heavy atom. The second-order valence-electron chi connectivity index (χ2n) is 12.5. The van der Waals surface area contributed by atoms with Crippen LogP contribution in [0.5, 0.6) is 23.0 Å². The number of benzene rings is 2. The molecule has 1 amide bonds. The molecule has 0 saturated heterocycles. The molecule has 2 aromatic rings. The van der Waals surface area contributed by atoms with E-state index in [1.807, 2.05) is 44.2 Å². The Balaban J connectivity index is 1.58. The second-order valence-corrected chi connectivity index (χ2v) is 12.5. The van der Waals surface area contributed by atoms with Crippen LogP contribution in [0.4, 0.5) is 0 Å². The van der Waals surface area contributed by atoms with Gasteiger partial charge < -0.3 is 39.8 Å². The van der Waals surface area contributed by atoms with E-state index in [9.17, 15) is 9.90 Å². The molecule has 2 aromatic carbocycles. The van der Waals surface area contributed by atoms with Crippen molar-refractivity contribution in [1.29, 1.82) is 0 Å². The van der Waals surface area contributed by atoms with E-state index >= 15 is 0 Å². The lowest BCUT2D eigenvalue weighted by Gasteiger charge is -2.30. The molecule has 3 rings (SSSR count). The molecule has 44 heavy (non-hydrogen) atoms. The summed E-state index contributed by atoms with van der Waals surface area (Å²) in [6.07, 6.45) is 2.56. The van der Waals surface area contributed by atoms with Crippen molar-refractivity contribution < 1.29 is 33.6 Å². The van der Waals surface area contributed by atoms with Gasteiger partial charge in [-0.1, -0.05) is 39.8 Å². The minimum absolute atomic E-state index is 0.0446. The molecule has 0 aromatic heterocycles. The average molecular weight is 615 g/mol. The average Bonchev–Trinajstić information content (AvgIpc) is 3.25. The van der Waals surface area contributed by atoms with Crippen LogP contribution >= 0.6 is 0 Å². The molecule has 0 aliphatic carbocycles. The van der Waals surface area contributed by atoms with Gasteiger partial charge in [-0.05, 0) is 72.4 Å². The lowest BCUT2D eigenvalue weighted by Crippen LogP contribution is -2.42. The van der Waals surface area contributed by atoms with E-state index in [0.29, 0.717) is 69.0 Å². The van der Waals surface area contributed by atoms with Crippen LogP contribution in [-0.2, 0) is 22.5 Å². The van der Waals surface area contributed by atoms with Gasteiger partial charge in [0.25, 0.3) is 0 Å². The number of nitrogens with one attached hydrogen (secondary N) is 1. The fourth-order valence-corrected chi connectivity index (χ4v) is 5.50. The molecule has 0 bridgehead atoms. The molecule has 246 valence electrons. The molecule has 0 radical (unpaired) electrons. The fraction of sp³-hybridized carbons (Fsp3) is 0.629. The Hall–Kier alpha value is -3.01. The van der Waals surface area contributed by atoms with Crippen molar-refractivity contribution in [2.75, 3.05) is 40.6 Å². The molecule has 1 heterocycles. The summed E-state index contributed by atoms with van der Waals surface area (Å²) in [6.45, 7) is 11.2. The number of hydrogen-bond donors (Lipinski definition) is 3. The van der Waals surface area contributed by atoms with E-state index in [2.05, 4.69) is 25.2 Å². The number of aliphatic hydroxyl groups is 1. The van der Waals surface area contributed by atoms with Crippen molar-refractivity contribution in [2.24, 2.45) is 29.4 Å². The van der Waals surface area contributed by atoms with Gasteiger partial charge in [0.1, 0.15) is 0 Å². The minimum Gasteiger partial charge on any atom is -0.493 e. The fourth-order valence-electron chi connectivity index (χ4n) is 5.50. The van der Waals surface area contributed by atoms with Crippen LogP contribution in [0.25, 0.3) is 0 Å². The van der Waals surface area contributed by atoms with Gasteiger partial charge in [-0.25, -0.2) is 0 Å². The predicted molar refractivity (Wildman–Crippen MR) is 172 cm³/mol. The molecule has 1 aliphatic heterocycles. The van der Waals surface area contributed by atoms with Crippen molar-refractivity contribution >= 4 is 5.91 Å². The zero-order valence-electron chi connectivity index (χ0n) is 27.5. The standard InChI is InChI=1S/C35H54N2O7/c1-23(2)27(17-25-9-11-31(41-6)33(18-25)43-14-7-13-40-5)20-29(36)30(38)21-28(24(3)4)35(39)37-22-26-10-12-32-34(19-26)44-16-8-15-42-32/h9-12,18-19,23-24,27-30,38H,7-8,13-17,20-22,36H2,1-6H3,(H,37,39)/t27-,28-,29-,30?/m0/s1. The van der Waals surface area contributed by atoms with Gasteiger partial charge in [0.2, 0.25) is 5.91 Å². The Morgan fingerprint density at radius 3 is 2.34 bits per heavy atom. The lowest BCUT2D eigenvalue weighted by molar-refractivity contribution is -0.127. The Morgan fingerprint density at radius 1 is 0.932 bits per heavy atom. The highest BCUT2D eigenvalue weighted by atomic mass is 16.5. The van der Waals surface area contributed by atoms with Crippen molar-refractivity contribution in [3.8, 4) is 23.0 Å². The van der Waals surface area contributed by atoms with E-state index in [1.165, 1.54) is 0 Å². The van der Waals surface area contributed by atoms with Crippen LogP contribution < -0.4 is 30.0 Å². The first-order valence-electron chi connectivity index (χ1n) is 16.0. The normalized spacial score (nSPS) is 15.8. The number of nitrogens with two attached hydrogens (primary N) is 1. The summed E-state index contributed by atoms with van der Waals surface area (Å²) in [4.78, 5) is 13.3. The van der Waals surface area contributed by atoms with Crippen LogP contribution in [-0.4, -0.2) is 63.8 Å². The number of carbonyl (C=O) groups is 1. The monoisotopic (exact) mass is 614 g/mol. The van der Waals surface area contributed by atoms with Crippen molar-refractivity contribution in [2.45, 2.75) is 78.5 Å². The van der Waals surface area contributed by atoms with Crippen LogP contribution in [0.15, 0.2) is 36.4 Å². The zero-order valence-corrected chi connectivity index (χ0v) is 27.5. The van der Waals surface area contributed by atoms with Crippen LogP contribution in [0.2, 0.25) is 0 Å².